The van der Waals surface area contributed by atoms with Gasteiger partial charge in [0.1, 0.15) is 41.6 Å². The summed E-state index contributed by atoms with van der Waals surface area (Å²) in [4.78, 5) is 67.0. The number of piperidine rings is 2. The average molecular weight is 1020 g/mol. The number of rotatable bonds is 22. The number of piperazine rings is 1. The van der Waals surface area contributed by atoms with Crippen molar-refractivity contribution in [2.24, 2.45) is 0 Å². The molecule has 4 amide bonds. The van der Waals surface area contributed by atoms with Gasteiger partial charge in [0.05, 0.1) is 68.6 Å². The number of nitrogens with one attached hydrogen (secondary N) is 1. The van der Waals surface area contributed by atoms with Crippen LogP contribution in [0.25, 0.3) is 32.8 Å². The Hall–Kier alpha value is -6.32. The molecule has 5 heterocycles. The van der Waals surface area contributed by atoms with Crippen molar-refractivity contribution in [3.63, 3.8) is 0 Å². The zero-order chi connectivity index (χ0) is 51.0. The molecule has 4 aromatic carbocycles. The minimum Gasteiger partial charge on any atom is -0.508 e. The normalized spacial score (nSPS) is 18.4. The molecule has 0 spiro atoms. The highest BCUT2D eigenvalue weighted by Crippen LogP contribution is 2.43. The van der Waals surface area contributed by atoms with Crippen molar-refractivity contribution in [3.05, 3.63) is 95.3 Å². The van der Waals surface area contributed by atoms with Gasteiger partial charge in [-0.25, -0.2) is 4.39 Å². The summed E-state index contributed by atoms with van der Waals surface area (Å²) in [6.45, 7) is 13.5. The second-order valence-corrected chi connectivity index (χ2v) is 18.8. The van der Waals surface area contributed by atoms with Gasteiger partial charge in [0.25, 0.3) is 11.8 Å². The summed E-state index contributed by atoms with van der Waals surface area (Å²) in [6.07, 6.45) is 3.29. The van der Waals surface area contributed by atoms with Crippen molar-refractivity contribution in [2.75, 3.05) is 104 Å². The largest absolute Gasteiger partial charge is 0.508 e. The lowest BCUT2D eigenvalue weighted by molar-refractivity contribution is -0.136. The molecule has 18 nitrogen and oxygen atoms in total. The van der Waals surface area contributed by atoms with Crippen molar-refractivity contribution in [2.45, 2.75) is 50.9 Å². The second-order valence-electron chi connectivity index (χ2n) is 18.4. The number of benzene rings is 4. The number of likely N-dealkylation sites (tertiary alicyclic amines) is 1. The van der Waals surface area contributed by atoms with Gasteiger partial charge in [-0.1, -0.05) is 41.9 Å². The monoisotopic (exact) mass is 1020 g/mol. The maximum atomic E-state index is 17.1. The summed E-state index contributed by atoms with van der Waals surface area (Å²) < 4.78 is 52.5. The van der Waals surface area contributed by atoms with E-state index in [4.69, 9.17) is 50.0 Å². The summed E-state index contributed by atoms with van der Waals surface area (Å²) in [6, 6.07) is 15.9. The molecule has 5 aromatic rings. The van der Waals surface area contributed by atoms with Gasteiger partial charge in [-0.2, -0.15) is 9.97 Å². The van der Waals surface area contributed by atoms with Crippen LogP contribution < -0.4 is 19.7 Å². The minimum absolute atomic E-state index is 0.00758. The summed E-state index contributed by atoms with van der Waals surface area (Å²) in [5.74, 6) is -1.98. The Balaban J connectivity index is 0.717. The fourth-order valence-corrected chi connectivity index (χ4v) is 10.0. The van der Waals surface area contributed by atoms with Gasteiger partial charge in [-0.15, -0.1) is 6.58 Å². The number of carbonyl (C=O) groups excluding carboxylic acids is 4. The number of hydrogen-bond donors (Lipinski definition) is 2. The number of fused-ring (bicyclic) bond motifs is 3. The van der Waals surface area contributed by atoms with Crippen molar-refractivity contribution in [1.29, 1.82) is 0 Å². The topological polar surface area (TPSA) is 195 Å². The number of phenols is 1. The zero-order valence-corrected chi connectivity index (χ0v) is 41.4. The van der Waals surface area contributed by atoms with Crippen LogP contribution in [0.1, 0.15) is 53.3 Å². The lowest BCUT2D eigenvalue weighted by Crippen LogP contribution is -2.54. The Morgan fingerprint density at radius 2 is 1.56 bits per heavy atom. The van der Waals surface area contributed by atoms with Crippen LogP contribution in [0.15, 0.2) is 73.3 Å². The summed E-state index contributed by atoms with van der Waals surface area (Å²) in [7, 11) is 0. The maximum absolute atomic E-state index is 17.1. The number of phenolic OH excluding ortho intramolecular Hbond substituents is 1. The van der Waals surface area contributed by atoms with Crippen LogP contribution in [0.5, 0.6) is 17.5 Å². The SMILES string of the molecule is C=CCOCN1CCN(c2nc(O[C@H](C)CN3CCC(OCCOCCOCCOc4ccc5c(c4)C(=O)N(C4CCC(=O)NC4=O)C5=O)CC3)nc3c(F)c(-c4cc(O)cc5ccccc45)c(Cl)cc23)CC1. The van der Waals surface area contributed by atoms with E-state index in [-0.39, 0.29) is 77.3 Å². The zero-order valence-electron chi connectivity index (χ0n) is 40.7. The summed E-state index contributed by atoms with van der Waals surface area (Å²) in [5.41, 5.74) is 0.997. The van der Waals surface area contributed by atoms with E-state index in [9.17, 15) is 24.3 Å². The number of hydrogen-bond acceptors (Lipinski definition) is 16. The van der Waals surface area contributed by atoms with Crippen molar-refractivity contribution in [3.8, 4) is 28.6 Å². The Morgan fingerprint density at radius 1 is 0.822 bits per heavy atom. The Labute approximate surface area is 426 Å². The number of imide groups is 2. The van der Waals surface area contributed by atoms with E-state index in [1.54, 1.807) is 24.3 Å². The molecule has 4 aliphatic rings. The van der Waals surface area contributed by atoms with Gasteiger partial charge in [0.2, 0.25) is 11.8 Å². The van der Waals surface area contributed by atoms with Crippen LogP contribution in [0, 0.1) is 5.82 Å². The molecule has 1 unspecified atom stereocenters. The van der Waals surface area contributed by atoms with Crippen molar-refractivity contribution < 1.29 is 57.1 Å². The third kappa shape index (κ3) is 12.0. The maximum Gasteiger partial charge on any atom is 0.319 e. The molecule has 9 rings (SSSR count). The third-order valence-electron chi connectivity index (χ3n) is 13.4. The molecule has 20 heteroatoms. The molecule has 0 saturated carbocycles. The first-order valence-electron chi connectivity index (χ1n) is 24.7. The van der Waals surface area contributed by atoms with E-state index in [2.05, 4.69) is 26.6 Å². The molecular formula is C53H59ClFN7O11. The first-order valence-corrected chi connectivity index (χ1v) is 25.1. The molecular weight excluding hydrogens is 965 g/mol. The van der Waals surface area contributed by atoms with E-state index in [1.807, 2.05) is 31.2 Å². The second kappa shape index (κ2) is 23.7. The number of ether oxygens (including phenoxy) is 6. The molecule has 73 heavy (non-hydrogen) atoms. The lowest BCUT2D eigenvalue weighted by Gasteiger charge is -2.35. The van der Waals surface area contributed by atoms with Gasteiger partial charge in [0.15, 0.2) is 5.82 Å². The Bertz CT molecular complexity index is 2860. The van der Waals surface area contributed by atoms with E-state index in [0.717, 1.165) is 41.6 Å². The smallest absolute Gasteiger partial charge is 0.319 e. The first-order chi connectivity index (χ1) is 35.4. The quantitative estimate of drug-likeness (QED) is 0.0466. The highest BCUT2D eigenvalue weighted by atomic mass is 35.5. The molecule has 0 bridgehead atoms. The molecule has 2 atom stereocenters. The molecule has 1 aromatic heterocycles. The van der Waals surface area contributed by atoms with E-state index in [0.29, 0.717) is 95.0 Å². The highest BCUT2D eigenvalue weighted by Gasteiger charge is 2.45. The number of nitrogens with zero attached hydrogens (tertiary/aromatic N) is 6. The Morgan fingerprint density at radius 3 is 2.33 bits per heavy atom. The van der Waals surface area contributed by atoms with Crippen LogP contribution in [-0.2, 0) is 28.5 Å². The standard InChI is InChI=1S/C53H59ClFN7O11/c1-3-20-70-32-60-16-18-61(19-17-60)49-42-30-43(54)46(40-28-35(63)27-34-6-4-5-7-38(34)40)47(55)48(42)57-53(58-49)73-33(2)31-59-14-12-36(13-15-59)71-25-23-68-21-22-69-24-26-72-37-8-9-39-41(29-37)52(67)62(51(39)66)44-10-11-45(64)56-50(44)65/h3-9,27-30,33,36,44,63H,1,10-26,31-32H2,2H3,(H,56,64,65)/t33-,44?/m1/s1. The van der Waals surface area contributed by atoms with Crippen molar-refractivity contribution >= 4 is 62.7 Å². The van der Waals surface area contributed by atoms with Gasteiger partial charge in [0, 0.05) is 63.2 Å². The first kappa shape index (κ1) is 51.6. The van der Waals surface area contributed by atoms with Crippen LogP contribution >= 0.6 is 11.6 Å². The molecule has 2 N–H and O–H groups in total. The number of aromatic hydroxyl groups is 1. The van der Waals surface area contributed by atoms with Crippen LogP contribution in [0.4, 0.5) is 10.2 Å². The van der Waals surface area contributed by atoms with E-state index < -0.39 is 35.5 Å². The predicted octanol–water partition coefficient (Wildman–Crippen LogP) is 5.99. The van der Waals surface area contributed by atoms with Crippen LogP contribution in [0.2, 0.25) is 5.02 Å². The van der Waals surface area contributed by atoms with Gasteiger partial charge in [-0.05, 0) is 78.9 Å². The molecule has 0 aliphatic carbocycles. The van der Waals surface area contributed by atoms with Gasteiger partial charge < -0.3 is 38.4 Å². The predicted molar refractivity (Wildman–Crippen MR) is 270 cm³/mol. The van der Waals surface area contributed by atoms with E-state index >= 15 is 4.39 Å². The molecule has 3 saturated heterocycles. The molecule has 386 valence electrons. The number of anilines is 1. The van der Waals surface area contributed by atoms with Crippen LogP contribution in [-0.4, -0.2) is 170 Å². The fourth-order valence-electron chi connectivity index (χ4n) is 9.75. The Kier molecular flexibility index (Phi) is 16.7. The third-order valence-corrected chi connectivity index (χ3v) is 13.7. The number of carbonyl (C=O) groups is 4. The lowest BCUT2D eigenvalue weighted by atomic mass is 9.96. The highest BCUT2D eigenvalue weighted by molar-refractivity contribution is 6.35. The average Bonchev–Trinajstić information content (AvgIpc) is 3.62. The van der Waals surface area contributed by atoms with Crippen LogP contribution in [0.3, 0.4) is 0 Å². The number of halogens is 2. The summed E-state index contributed by atoms with van der Waals surface area (Å²) >= 11 is 6.95. The number of amides is 4. The molecule has 0 radical (unpaired) electrons. The molecule has 4 aliphatic heterocycles. The van der Waals surface area contributed by atoms with Crippen molar-refractivity contribution in [1.82, 2.24) is 30.0 Å². The molecule has 3 fully saturated rings. The summed E-state index contributed by atoms with van der Waals surface area (Å²) in [5, 5.41) is 15.0. The van der Waals surface area contributed by atoms with Gasteiger partial charge in [-0.3, -0.25) is 39.2 Å². The fraction of sp³-hybridized carbons (Fsp3) is 0.434. The van der Waals surface area contributed by atoms with Gasteiger partial charge >= 0.3 is 6.01 Å². The number of aromatic nitrogens is 2. The van der Waals surface area contributed by atoms with E-state index in [1.165, 1.54) is 18.2 Å². The minimum atomic E-state index is -1.03.